The molecule has 0 aromatic heterocycles. The minimum Gasteiger partial charge on any atom is -0.393 e. The lowest BCUT2D eigenvalue weighted by molar-refractivity contribution is -0.137. The van der Waals surface area contributed by atoms with Crippen LogP contribution in [0.15, 0.2) is 11.6 Å². The molecule has 4 rings (SSSR count). The summed E-state index contributed by atoms with van der Waals surface area (Å²) < 4.78 is 0. The Hall–Kier alpha value is -0.420. The Morgan fingerprint density at radius 1 is 1.06 bits per heavy atom. The molecule has 4 aliphatic rings. The molecule has 3 saturated carbocycles. The summed E-state index contributed by atoms with van der Waals surface area (Å²) in [5, 5.41) is 44.6. The predicted molar refractivity (Wildman–Crippen MR) is 128 cm³/mol. The van der Waals surface area contributed by atoms with Crippen molar-refractivity contribution in [1.29, 1.82) is 0 Å². The number of hydrogen-bond donors (Lipinski definition) is 4. The van der Waals surface area contributed by atoms with Gasteiger partial charge in [-0.05, 0) is 98.7 Å². The fourth-order valence-corrected chi connectivity index (χ4v) is 8.78. The van der Waals surface area contributed by atoms with Gasteiger partial charge in [0.25, 0.3) is 0 Å². The molecule has 32 heavy (non-hydrogen) atoms. The summed E-state index contributed by atoms with van der Waals surface area (Å²) in [7, 11) is 0. The molecule has 3 fully saturated rings. The Bertz CT molecular complexity index is 729. The van der Waals surface area contributed by atoms with Crippen molar-refractivity contribution >= 4 is 0 Å². The van der Waals surface area contributed by atoms with Crippen molar-refractivity contribution in [1.82, 2.24) is 0 Å². The Morgan fingerprint density at radius 2 is 1.75 bits per heavy atom. The standard InChI is InChI=1S/C28H48O4/c1-16(2)17(3)7-12-28(6,32)25-23(31)15-21-24-20(9-11-27(21,25)5)26(4)10-8-19(29)13-18(26)14-22(24)30/h14,16-17,19-25,29-32H,7-13,15H2,1-6H3/t17?,19-,20-,21-,22+,23-,24?,25-,26-,27-,28-/m0/s1. The fraction of sp³-hybridized carbons (Fsp3) is 0.929. The Morgan fingerprint density at radius 3 is 2.41 bits per heavy atom. The molecule has 2 unspecified atom stereocenters. The van der Waals surface area contributed by atoms with E-state index in [9.17, 15) is 20.4 Å². The van der Waals surface area contributed by atoms with Crippen LogP contribution in [0.4, 0.5) is 0 Å². The molecule has 0 spiro atoms. The molecule has 4 heteroatoms. The number of hydrogen-bond acceptors (Lipinski definition) is 4. The maximum Gasteiger partial charge on any atom is 0.0757 e. The largest absolute Gasteiger partial charge is 0.393 e. The van der Waals surface area contributed by atoms with E-state index in [1.807, 2.05) is 6.92 Å². The van der Waals surface area contributed by atoms with Gasteiger partial charge in [0.15, 0.2) is 0 Å². The normalized spacial score (nSPS) is 49.0. The third-order valence-electron chi connectivity index (χ3n) is 11.0. The van der Waals surface area contributed by atoms with Crippen molar-refractivity contribution in [2.75, 3.05) is 0 Å². The average molecular weight is 449 g/mol. The lowest BCUT2D eigenvalue weighted by Crippen LogP contribution is -2.56. The van der Waals surface area contributed by atoms with Gasteiger partial charge in [-0.3, -0.25) is 0 Å². The van der Waals surface area contributed by atoms with E-state index in [1.165, 1.54) is 5.57 Å². The maximum absolute atomic E-state index is 11.7. The van der Waals surface area contributed by atoms with Gasteiger partial charge in [-0.25, -0.2) is 0 Å². The zero-order valence-electron chi connectivity index (χ0n) is 21.2. The van der Waals surface area contributed by atoms with Crippen LogP contribution in [0.25, 0.3) is 0 Å². The van der Waals surface area contributed by atoms with Crippen LogP contribution in [0.5, 0.6) is 0 Å². The lowest BCUT2D eigenvalue weighted by Gasteiger charge is -2.59. The molecule has 0 aromatic carbocycles. The summed E-state index contributed by atoms with van der Waals surface area (Å²) in [6.07, 6.45) is 7.62. The molecule has 0 aromatic rings. The first-order valence-electron chi connectivity index (χ1n) is 13.3. The van der Waals surface area contributed by atoms with Crippen LogP contribution >= 0.6 is 0 Å². The molecule has 0 amide bonds. The minimum absolute atomic E-state index is 0.0444. The number of aliphatic hydroxyl groups is 4. The van der Waals surface area contributed by atoms with Crippen LogP contribution in [0.3, 0.4) is 0 Å². The molecule has 184 valence electrons. The molecule has 0 radical (unpaired) electrons. The van der Waals surface area contributed by atoms with E-state index in [0.29, 0.717) is 37.0 Å². The highest BCUT2D eigenvalue weighted by Crippen LogP contribution is 2.67. The summed E-state index contributed by atoms with van der Waals surface area (Å²) in [6.45, 7) is 13.3. The van der Waals surface area contributed by atoms with E-state index in [-0.39, 0.29) is 34.7 Å². The van der Waals surface area contributed by atoms with Crippen molar-refractivity contribution in [2.24, 2.45) is 46.3 Å². The van der Waals surface area contributed by atoms with Crippen LogP contribution in [0.1, 0.15) is 92.9 Å². The molecule has 0 aliphatic heterocycles. The molecular formula is C28H48O4. The van der Waals surface area contributed by atoms with Gasteiger partial charge < -0.3 is 20.4 Å². The Labute approximate surface area is 195 Å². The predicted octanol–water partition coefficient (Wildman–Crippen LogP) is 4.69. The summed E-state index contributed by atoms with van der Waals surface area (Å²) in [5.74, 6) is 1.71. The van der Waals surface area contributed by atoms with Crippen molar-refractivity contribution in [2.45, 2.75) is 117 Å². The first kappa shape index (κ1) is 24.7. The Kier molecular flexibility index (Phi) is 6.45. The van der Waals surface area contributed by atoms with Gasteiger partial charge in [-0.2, -0.15) is 0 Å². The second-order valence-corrected chi connectivity index (χ2v) is 13.2. The molecule has 4 aliphatic carbocycles. The first-order chi connectivity index (χ1) is 14.8. The van der Waals surface area contributed by atoms with Gasteiger partial charge in [-0.15, -0.1) is 0 Å². The highest BCUT2D eigenvalue weighted by Gasteiger charge is 2.65. The molecule has 0 heterocycles. The van der Waals surface area contributed by atoms with Crippen LogP contribution in [0.2, 0.25) is 0 Å². The summed E-state index contributed by atoms with van der Waals surface area (Å²) in [6, 6.07) is 0. The monoisotopic (exact) mass is 448 g/mol. The SMILES string of the molecule is CC(C)C(C)CC[C@](C)(O)[C@H]1[C@@H](O)C[C@H]2C3[C@H](O)C=C4C[C@@H](O)CC[C@]4(C)[C@H]3CC[C@@]21C. The number of fused-ring (bicyclic) bond motifs is 5. The quantitative estimate of drug-likeness (QED) is 0.460. The summed E-state index contributed by atoms with van der Waals surface area (Å²) in [4.78, 5) is 0. The second kappa shape index (κ2) is 8.36. The minimum atomic E-state index is -0.904. The zero-order chi connectivity index (χ0) is 23.6. The van der Waals surface area contributed by atoms with Gasteiger partial charge in [-0.1, -0.05) is 46.3 Å². The summed E-state index contributed by atoms with van der Waals surface area (Å²) in [5.41, 5.74) is 0.224. The maximum atomic E-state index is 11.7. The highest BCUT2D eigenvalue weighted by molar-refractivity contribution is 5.28. The van der Waals surface area contributed by atoms with E-state index in [2.05, 4.69) is 40.7 Å². The Balaban J connectivity index is 1.61. The van der Waals surface area contributed by atoms with Crippen molar-refractivity contribution in [3.05, 3.63) is 11.6 Å². The van der Waals surface area contributed by atoms with Crippen LogP contribution in [-0.4, -0.2) is 44.3 Å². The number of aliphatic hydroxyl groups excluding tert-OH is 3. The lowest BCUT2D eigenvalue weighted by atomic mass is 9.46. The molecular weight excluding hydrogens is 400 g/mol. The highest BCUT2D eigenvalue weighted by atomic mass is 16.3. The van der Waals surface area contributed by atoms with E-state index in [4.69, 9.17) is 0 Å². The van der Waals surface area contributed by atoms with E-state index in [0.717, 1.165) is 32.1 Å². The average Bonchev–Trinajstić information content (AvgIpc) is 2.98. The second-order valence-electron chi connectivity index (χ2n) is 13.2. The van der Waals surface area contributed by atoms with Crippen molar-refractivity contribution in [3.8, 4) is 0 Å². The van der Waals surface area contributed by atoms with E-state index < -0.39 is 17.8 Å². The van der Waals surface area contributed by atoms with Gasteiger partial charge >= 0.3 is 0 Å². The summed E-state index contributed by atoms with van der Waals surface area (Å²) >= 11 is 0. The molecule has 0 bridgehead atoms. The van der Waals surface area contributed by atoms with Gasteiger partial charge in [0, 0.05) is 5.92 Å². The van der Waals surface area contributed by atoms with Gasteiger partial charge in [0.1, 0.15) is 0 Å². The van der Waals surface area contributed by atoms with Crippen LogP contribution in [-0.2, 0) is 0 Å². The topological polar surface area (TPSA) is 80.9 Å². The van der Waals surface area contributed by atoms with Crippen LogP contribution in [0, 0.1) is 46.3 Å². The zero-order valence-corrected chi connectivity index (χ0v) is 21.2. The smallest absolute Gasteiger partial charge is 0.0757 e. The molecule has 4 nitrogen and oxygen atoms in total. The molecule has 0 saturated heterocycles. The van der Waals surface area contributed by atoms with Crippen molar-refractivity contribution < 1.29 is 20.4 Å². The first-order valence-corrected chi connectivity index (χ1v) is 13.3. The van der Waals surface area contributed by atoms with Crippen LogP contribution < -0.4 is 0 Å². The van der Waals surface area contributed by atoms with Gasteiger partial charge in [0.2, 0.25) is 0 Å². The fourth-order valence-electron chi connectivity index (χ4n) is 8.78. The van der Waals surface area contributed by atoms with Crippen molar-refractivity contribution in [3.63, 3.8) is 0 Å². The molecule has 4 N–H and O–H groups in total. The molecule has 11 atom stereocenters. The van der Waals surface area contributed by atoms with Gasteiger partial charge in [0.05, 0.1) is 23.9 Å². The van der Waals surface area contributed by atoms with E-state index >= 15 is 0 Å². The number of rotatable bonds is 5. The van der Waals surface area contributed by atoms with E-state index in [1.54, 1.807) is 0 Å². The third-order valence-corrected chi connectivity index (χ3v) is 11.0. The third kappa shape index (κ3) is 3.82.